The Balaban J connectivity index is 1.99. The van der Waals surface area contributed by atoms with Gasteiger partial charge in [-0.15, -0.1) is 0 Å². The summed E-state index contributed by atoms with van der Waals surface area (Å²) < 4.78 is 5.13. The first-order chi connectivity index (χ1) is 9.82. The Kier molecular flexibility index (Phi) is 4.54. The number of rotatable bonds is 5. The number of piperidine rings is 1. The monoisotopic (exact) mass is 313 g/mol. The number of carbonyl (C=O) groups excluding carboxylic acids is 4. The highest BCUT2D eigenvalue weighted by molar-refractivity contribution is 7.49. The van der Waals surface area contributed by atoms with Crippen molar-refractivity contribution in [1.29, 1.82) is 0 Å². The third kappa shape index (κ3) is 3.04. The van der Waals surface area contributed by atoms with Gasteiger partial charge in [0.15, 0.2) is 18.2 Å². The number of amides is 2. The van der Waals surface area contributed by atoms with E-state index in [1.54, 1.807) is 6.66 Å². The van der Waals surface area contributed by atoms with Crippen LogP contribution in [0.25, 0.3) is 0 Å². The summed E-state index contributed by atoms with van der Waals surface area (Å²) in [4.78, 5) is 48.4. The average Bonchev–Trinajstić information content (AvgIpc) is 2.41. The van der Waals surface area contributed by atoms with Gasteiger partial charge in [-0.1, -0.05) is 0 Å². The first-order valence-electron chi connectivity index (χ1n) is 6.64. The van der Waals surface area contributed by atoms with Crippen molar-refractivity contribution in [3.63, 3.8) is 0 Å². The van der Waals surface area contributed by atoms with Crippen LogP contribution in [0.15, 0.2) is 0 Å². The van der Waals surface area contributed by atoms with Crippen molar-refractivity contribution < 1.29 is 23.7 Å². The molecule has 0 saturated carbocycles. The number of fused-ring (bicyclic) bond motifs is 1. The summed E-state index contributed by atoms with van der Waals surface area (Å²) in [5.41, 5.74) is 0. The molecule has 0 aromatic heterocycles. The summed E-state index contributed by atoms with van der Waals surface area (Å²) in [6, 6.07) is -1.93. The summed E-state index contributed by atoms with van der Waals surface area (Å²) in [5.74, 6) is -1.33. The number of nitrogens with one attached hydrogen (secondary N) is 1. The molecule has 1 N–H and O–H groups in total. The molecule has 0 aromatic rings. The first-order valence-corrected chi connectivity index (χ1v) is 8.54. The molecule has 0 radical (unpaired) electrons. The number of β-lactam (4-membered cyclic amide) rings is 1. The van der Waals surface area contributed by atoms with Crippen LogP contribution in [0.5, 0.6) is 0 Å². The van der Waals surface area contributed by atoms with Crippen LogP contribution in [0.2, 0.25) is 0 Å². The van der Waals surface area contributed by atoms with E-state index in [-0.39, 0.29) is 42.5 Å². The maximum absolute atomic E-state index is 12.1. The molecular formula is C13H18N2O5P+. The van der Waals surface area contributed by atoms with E-state index in [0.717, 1.165) is 0 Å². The standard InChI is InChI=1S/C13H17N2O5P/c1-7(16)12-9(17)5-4-8-11(13(19)15(8)12)14-10(18)6-20-21(2)3/h8,11-12H,2,4-6H2,1,3H3/p+1. The highest BCUT2D eigenvalue weighted by Crippen LogP contribution is 2.32. The van der Waals surface area contributed by atoms with Gasteiger partial charge in [0.25, 0.3) is 5.91 Å². The van der Waals surface area contributed by atoms with E-state index in [9.17, 15) is 19.2 Å². The quantitative estimate of drug-likeness (QED) is 0.419. The Labute approximate surface area is 123 Å². The van der Waals surface area contributed by atoms with Gasteiger partial charge in [-0.3, -0.25) is 19.2 Å². The number of carbonyl (C=O) groups is 4. The topological polar surface area (TPSA) is 92.8 Å². The first kappa shape index (κ1) is 15.8. The molecule has 2 amide bonds. The van der Waals surface area contributed by atoms with Crippen molar-refractivity contribution in [2.24, 2.45) is 0 Å². The molecule has 2 aliphatic rings. The van der Waals surface area contributed by atoms with Gasteiger partial charge in [0.2, 0.25) is 13.7 Å². The molecule has 21 heavy (non-hydrogen) atoms. The lowest BCUT2D eigenvalue weighted by Crippen LogP contribution is -2.76. The Morgan fingerprint density at radius 1 is 1.48 bits per heavy atom. The maximum Gasteiger partial charge on any atom is 0.251 e. The van der Waals surface area contributed by atoms with Crippen LogP contribution in [-0.4, -0.2) is 66.0 Å². The van der Waals surface area contributed by atoms with Crippen LogP contribution >= 0.6 is 7.77 Å². The zero-order chi connectivity index (χ0) is 15.7. The minimum atomic E-state index is -0.982. The second-order valence-corrected chi connectivity index (χ2v) is 6.79. The largest absolute Gasteiger partial charge is 0.340 e. The molecule has 8 heteroatoms. The van der Waals surface area contributed by atoms with E-state index in [1.165, 1.54) is 11.8 Å². The lowest BCUT2D eigenvalue weighted by molar-refractivity contribution is -0.168. The smallest absolute Gasteiger partial charge is 0.251 e. The summed E-state index contributed by atoms with van der Waals surface area (Å²) in [6.07, 6.45) is 4.37. The summed E-state index contributed by atoms with van der Waals surface area (Å²) in [7, 11) is -0.888. The van der Waals surface area contributed by atoms with Crippen molar-refractivity contribution in [3.05, 3.63) is 0 Å². The summed E-state index contributed by atoms with van der Waals surface area (Å²) in [6.45, 7) is 2.93. The third-order valence-corrected chi connectivity index (χ3v) is 4.22. The fourth-order valence-electron chi connectivity index (χ4n) is 2.74. The van der Waals surface area contributed by atoms with Crippen LogP contribution in [0.4, 0.5) is 0 Å². The number of nitrogens with zero attached hydrogens (tertiary/aromatic N) is 1. The molecule has 4 unspecified atom stereocenters. The van der Waals surface area contributed by atoms with E-state index in [4.69, 9.17) is 4.52 Å². The van der Waals surface area contributed by atoms with Crippen molar-refractivity contribution in [1.82, 2.24) is 10.2 Å². The molecule has 2 saturated heterocycles. The second kappa shape index (κ2) is 6.03. The van der Waals surface area contributed by atoms with Gasteiger partial charge in [-0.25, -0.2) is 0 Å². The number of ketones is 2. The van der Waals surface area contributed by atoms with Crippen LogP contribution < -0.4 is 5.32 Å². The van der Waals surface area contributed by atoms with Crippen LogP contribution in [0, 0.1) is 0 Å². The molecule has 4 atom stereocenters. The maximum atomic E-state index is 12.1. The minimum Gasteiger partial charge on any atom is -0.340 e. The highest BCUT2D eigenvalue weighted by atomic mass is 31.1. The molecule has 0 bridgehead atoms. The molecule has 7 nitrogen and oxygen atoms in total. The van der Waals surface area contributed by atoms with Gasteiger partial charge >= 0.3 is 0 Å². The molecule has 2 aliphatic heterocycles. The van der Waals surface area contributed by atoms with Crippen molar-refractivity contribution in [3.8, 4) is 0 Å². The molecule has 2 rings (SSSR count). The average molecular weight is 313 g/mol. The number of Topliss-reactive ketones (excluding diaryl/α,β-unsaturated/α-hetero) is 2. The normalized spacial score (nSPS) is 28.6. The zero-order valence-corrected chi connectivity index (χ0v) is 12.9. The Morgan fingerprint density at radius 3 is 2.71 bits per heavy atom. The molecular weight excluding hydrogens is 295 g/mol. The van der Waals surface area contributed by atoms with E-state index >= 15 is 0 Å². The Bertz CT molecular complexity index is 533. The van der Waals surface area contributed by atoms with E-state index < -0.39 is 19.9 Å². The second-order valence-electron chi connectivity index (χ2n) is 5.28. The number of hydrogen-bond donors (Lipinski definition) is 1. The fraction of sp³-hybridized carbons (Fsp3) is 0.615. The van der Waals surface area contributed by atoms with Crippen molar-refractivity contribution in [2.45, 2.75) is 37.9 Å². The minimum absolute atomic E-state index is 0.142. The van der Waals surface area contributed by atoms with E-state index in [0.29, 0.717) is 6.42 Å². The predicted octanol–water partition coefficient (Wildman–Crippen LogP) is -0.522. The predicted molar refractivity (Wildman–Crippen MR) is 77.2 cm³/mol. The van der Waals surface area contributed by atoms with Crippen molar-refractivity contribution in [2.75, 3.05) is 13.3 Å². The molecule has 0 aromatic carbocycles. The molecule has 114 valence electrons. The fourth-order valence-corrected chi connectivity index (χ4v) is 3.08. The van der Waals surface area contributed by atoms with Crippen molar-refractivity contribution >= 4 is 37.5 Å². The summed E-state index contributed by atoms with van der Waals surface area (Å²) in [5, 5.41) is 2.60. The molecule has 0 aliphatic carbocycles. The Hall–Kier alpha value is -1.59. The van der Waals surface area contributed by atoms with E-state index in [1.807, 2.05) is 0 Å². The van der Waals surface area contributed by atoms with Gasteiger partial charge in [0.05, 0.1) is 6.04 Å². The Morgan fingerprint density at radius 2 is 2.14 bits per heavy atom. The van der Waals surface area contributed by atoms with Crippen LogP contribution in [0.3, 0.4) is 0 Å². The van der Waals surface area contributed by atoms with Crippen LogP contribution in [0.1, 0.15) is 19.8 Å². The highest BCUT2D eigenvalue weighted by Gasteiger charge is 2.56. The molecule has 0 spiro atoms. The van der Waals surface area contributed by atoms with Gasteiger partial charge < -0.3 is 10.2 Å². The van der Waals surface area contributed by atoms with Crippen LogP contribution in [-0.2, 0) is 23.7 Å². The van der Waals surface area contributed by atoms with Gasteiger partial charge in [-0.05, 0) is 13.3 Å². The third-order valence-electron chi connectivity index (χ3n) is 3.65. The van der Waals surface area contributed by atoms with Gasteiger partial charge in [0.1, 0.15) is 25.0 Å². The SMILES string of the molecule is C=[P+](C)OCC(=O)NC1C(=O)N2C(C(C)=O)C(=O)CCC12. The van der Waals surface area contributed by atoms with E-state index in [2.05, 4.69) is 11.6 Å². The lowest BCUT2D eigenvalue weighted by atomic mass is 9.81. The van der Waals surface area contributed by atoms with Gasteiger partial charge in [-0.2, -0.15) is 4.52 Å². The zero-order valence-electron chi connectivity index (χ0n) is 12.0. The lowest BCUT2D eigenvalue weighted by Gasteiger charge is -2.52. The number of hydrogen-bond acceptors (Lipinski definition) is 5. The summed E-state index contributed by atoms with van der Waals surface area (Å²) >= 11 is 0. The molecule has 2 fully saturated rings. The molecule has 2 heterocycles. The van der Waals surface area contributed by atoms with Gasteiger partial charge in [0, 0.05) is 6.42 Å².